The summed E-state index contributed by atoms with van der Waals surface area (Å²) in [6.45, 7) is 0. The molecule has 0 unspecified atom stereocenters. The van der Waals surface area contributed by atoms with E-state index in [0.717, 1.165) is 6.26 Å². The zero-order valence-electron chi connectivity index (χ0n) is 7.97. The van der Waals surface area contributed by atoms with Gasteiger partial charge in [0.1, 0.15) is 6.26 Å². The molecule has 1 N–H and O–H groups in total. The van der Waals surface area contributed by atoms with Gasteiger partial charge in [0.05, 0.1) is 11.8 Å². The lowest BCUT2D eigenvalue weighted by Crippen LogP contribution is -2.03. The molecule has 0 aromatic carbocycles. The second kappa shape index (κ2) is 3.61. The third-order valence-electron chi connectivity index (χ3n) is 1.82. The number of hydrogen-bond donors (Lipinski definition) is 1. The summed E-state index contributed by atoms with van der Waals surface area (Å²) in [5.74, 6) is -1.34. The van der Waals surface area contributed by atoms with Crippen molar-refractivity contribution in [2.45, 2.75) is 6.18 Å². The third-order valence-corrected chi connectivity index (χ3v) is 1.82. The van der Waals surface area contributed by atoms with Crippen LogP contribution >= 0.6 is 0 Å². The molecule has 0 fully saturated rings. The Labute approximate surface area is 91.3 Å². The summed E-state index contributed by atoms with van der Waals surface area (Å²) in [5.41, 5.74) is -1.39. The molecule has 0 atom stereocenters. The molecule has 0 saturated heterocycles. The van der Waals surface area contributed by atoms with E-state index in [0.29, 0.717) is 17.1 Å². The van der Waals surface area contributed by atoms with E-state index in [2.05, 4.69) is 14.5 Å². The summed E-state index contributed by atoms with van der Waals surface area (Å²) >= 11 is 0. The van der Waals surface area contributed by atoms with E-state index in [-0.39, 0.29) is 6.01 Å². The summed E-state index contributed by atoms with van der Waals surface area (Å²) in [5, 5.41) is 11.9. The van der Waals surface area contributed by atoms with Crippen LogP contribution in [0.4, 0.5) is 13.2 Å². The first-order valence-corrected chi connectivity index (χ1v) is 4.19. The highest BCUT2D eigenvalue weighted by atomic mass is 19.4. The van der Waals surface area contributed by atoms with E-state index in [1.807, 2.05) is 0 Å². The summed E-state index contributed by atoms with van der Waals surface area (Å²) in [7, 11) is 0. The monoisotopic (exact) mass is 247 g/mol. The largest absolute Gasteiger partial charge is 0.476 e. The number of aromatic carboxylic acids is 1. The second-order valence-corrected chi connectivity index (χ2v) is 2.99. The molecule has 2 aromatic heterocycles. The zero-order valence-corrected chi connectivity index (χ0v) is 7.97. The average Bonchev–Trinajstić information content (AvgIpc) is 2.85. The van der Waals surface area contributed by atoms with Crippen LogP contribution in [0.15, 0.2) is 23.1 Å². The Bertz CT molecular complexity index is 558. The topological polar surface area (TPSA) is 81.1 Å². The highest BCUT2D eigenvalue weighted by molar-refractivity contribution is 5.84. The predicted octanol–water partition coefficient (Wildman–Crippen LogP) is 1.58. The van der Waals surface area contributed by atoms with Crippen LogP contribution in [0.3, 0.4) is 0 Å². The smallest absolute Gasteiger partial charge is 0.419 e. The maximum absolute atomic E-state index is 12.3. The first-order valence-electron chi connectivity index (χ1n) is 4.19. The van der Waals surface area contributed by atoms with Gasteiger partial charge in [-0.15, -0.1) is 0 Å². The number of aromatic nitrogens is 3. The number of alkyl halides is 3. The van der Waals surface area contributed by atoms with Gasteiger partial charge in [-0.2, -0.15) is 27.9 Å². The van der Waals surface area contributed by atoms with Crippen molar-refractivity contribution >= 4 is 5.97 Å². The summed E-state index contributed by atoms with van der Waals surface area (Å²) in [6.07, 6.45) is -2.48. The summed E-state index contributed by atoms with van der Waals surface area (Å²) in [4.78, 5) is 13.9. The predicted molar refractivity (Wildman–Crippen MR) is 45.6 cm³/mol. The lowest BCUT2D eigenvalue weighted by molar-refractivity contribution is -0.137. The van der Waals surface area contributed by atoms with Crippen LogP contribution in [0.1, 0.15) is 16.1 Å². The van der Waals surface area contributed by atoms with Crippen molar-refractivity contribution in [2.24, 2.45) is 0 Å². The van der Waals surface area contributed by atoms with Gasteiger partial charge >= 0.3 is 18.2 Å². The Kier molecular flexibility index (Phi) is 2.37. The number of carboxylic acid groups (broad SMARTS) is 1. The molecule has 0 aliphatic heterocycles. The van der Waals surface area contributed by atoms with Crippen molar-refractivity contribution in [2.75, 3.05) is 0 Å². The Morgan fingerprint density at radius 3 is 2.65 bits per heavy atom. The van der Waals surface area contributed by atoms with Crippen molar-refractivity contribution in [3.05, 3.63) is 29.9 Å². The van der Waals surface area contributed by atoms with E-state index in [1.54, 1.807) is 0 Å². The molecule has 0 radical (unpaired) electrons. The lowest BCUT2D eigenvalue weighted by Gasteiger charge is -1.99. The van der Waals surface area contributed by atoms with Crippen LogP contribution in [-0.2, 0) is 6.18 Å². The van der Waals surface area contributed by atoms with Crippen LogP contribution in [0, 0.1) is 0 Å². The van der Waals surface area contributed by atoms with Crippen molar-refractivity contribution in [1.29, 1.82) is 0 Å². The quantitative estimate of drug-likeness (QED) is 0.871. The summed E-state index contributed by atoms with van der Waals surface area (Å²) in [6, 6.07) is -0.349. The molecule has 0 spiro atoms. The molecular formula is C8H4F3N3O3. The molecule has 0 bridgehead atoms. The number of halogens is 3. The Hall–Kier alpha value is -2.32. The number of carboxylic acids is 1. The van der Waals surface area contributed by atoms with Crippen molar-refractivity contribution in [1.82, 2.24) is 14.8 Å². The molecule has 90 valence electrons. The molecule has 0 aliphatic carbocycles. The Morgan fingerprint density at radius 1 is 1.47 bits per heavy atom. The standard InChI is InChI=1S/C8H4F3N3O3/c9-8(10,11)4-1-12-14(2-4)7-13-5(3-17-7)6(15)16/h1-3H,(H,15,16). The number of rotatable bonds is 2. The average molecular weight is 247 g/mol. The SMILES string of the molecule is O=C(O)c1coc(-n2cc(C(F)(F)F)cn2)n1. The molecule has 2 aromatic rings. The van der Waals surface area contributed by atoms with Gasteiger partial charge in [-0.1, -0.05) is 0 Å². The van der Waals surface area contributed by atoms with Gasteiger partial charge in [0, 0.05) is 6.20 Å². The highest BCUT2D eigenvalue weighted by Gasteiger charge is 2.32. The minimum Gasteiger partial charge on any atom is -0.476 e. The summed E-state index contributed by atoms with van der Waals surface area (Å²) < 4.78 is 42.1. The van der Waals surface area contributed by atoms with E-state index < -0.39 is 23.4 Å². The first-order chi connectivity index (χ1) is 7.88. The van der Waals surface area contributed by atoms with E-state index >= 15 is 0 Å². The molecular weight excluding hydrogens is 243 g/mol. The molecule has 17 heavy (non-hydrogen) atoms. The van der Waals surface area contributed by atoms with Crippen LogP contribution in [0.2, 0.25) is 0 Å². The van der Waals surface area contributed by atoms with Gasteiger partial charge in [-0.25, -0.2) is 4.79 Å². The van der Waals surface area contributed by atoms with Crippen LogP contribution in [-0.4, -0.2) is 25.8 Å². The van der Waals surface area contributed by atoms with Crippen LogP contribution in [0.25, 0.3) is 6.01 Å². The fourth-order valence-electron chi connectivity index (χ4n) is 1.04. The number of carbonyl (C=O) groups is 1. The number of hydrogen-bond acceptors (Lipinski definition) is 4. The fourth-order valence-corrected chi connectivity index (χ4v) is 1.04. The highest BCUT2D eigenvalue weighted by Crippen LogP contribution is 2.28. The fraction of sp³-hybridized carbons (Fsp3) is 0.125. The number of nitrogens with zero attached hydrogens (tertiary/aromatic N) is 3. The van der Waals surface area contributed by atoms with Crippen LogP contribution < -0.4 is 0 Å². The Balaban J connectivity index is 2.34. The van der Waals surface area contributed by atoms with Gasteiger partial charge < -0.3 is 9.52 Å². The normalized spacial score (nSPS) is 11.7. The molecule has 0 saturated carbocycles. The Morgan fingerprint density at radius 2 is 2.18 bits per heavy atom. The maximum Gasteiger partial charge on any atom is 0.419 e. The minimum absolute atomic E-state index is 0.349. The van der Waals surface area contributed by atoms with Crippen molar-refractivity contribution in [3.63, 3.8) is 0 Å². The van der Waals surface area contributed by atoms with Gasteiger partial charge in [-0.3, -0.25) is 0 Å². The minimum atomic E-state index is -4.53. The van der Waals surface area contributed by atoms with E-state index in [4.69, 9.17) is 5.11 Å². The zero-order chi connectivity index (χ0) is 12.6. The molecule has 0 aliphatic rings. The van der Waals surface area contributed by atoms with Crippen molar-refractivity contribution in [3.8, 4) is 6.01 Å². The molecule has 2 rings (SSSR count). The maximum atomic E-state index is 12.3. The van der Waals surface area contributed by atoms with E-state index in [1.165, 1.54) is 0 Å². The third kappa shape index (κ3) is 2.12. The first kappa shape index (κ1) is 11.2. The molecule has 2 heterocycles. The van der Waals surface area contributed by atoms with Crippen molar-refractivity contribution < 1.29 is 27.5 Å². The van der Waals surface area contributed by atoms with Gasteiger partial charge in [0.2, 0.25) is 0 Å². The second-order valence-electron chi connectivity index (χ2n) is 2.99. The van der Waals surface area contributed by atoms with Crippen LogP contribution in [0.5, 0.6) is 0 Å². The van der Waals surface area contributed by atoms with E-state index in [9.17, 15) is 18.0 Å². The number of oxazole rings is 1. The molecule has 6 nitrogen and oxygen atoms in total. The lowest BCUT2D eigenvalue weighted by atomic mass is 10.4. The molecule has 9 heteroatoms. The molecule has 0 amide bonds. The van der Waals surface area contributed by atoms with Gasteiger partial charge in [0.15, 0.2) is 5.69 Å². The van der Waals surface area contributed by atoms with Gasteiger partial charge in [0.25, 0.3) is 0 Å². The van der Waals surface area contributed by atoms with Gasteiger partial charge in [-0.05, 0) is 0 Å².